The molecule has 3 nitrogen and oxygen atoms in total. The van der Waals surface area contributed by atoms with Gasteiger partial charge in [-0.15, -0.1) is 0 Å². The number of ether oxygens (including phenoxy) is 2. The van der Waals surface area contributed by atoms with Gasteiger partial charge < -0.3 is 14.4 Å². The summed E-state index contributed by atoms with van der Waals surface area (Å²) in [6, 6.07) is 0. The van der Waals surface area contributed by atoms with E-state index in [1.54, 1.807) is 0 Å². The summed E-state index contributed by atoms with van der Waals surface area (Å²) < 4.78 is 11.1. The fourth-order valence-corrected chi connectivity index (χ4v) is 2.00. The molecule has 0 radical (unpaired) electrons. The van der Waals surface area contributed by atoms with Gasteiger partial charge in [-0.2, -0.15) is 0 Å². The van der Waals surface area contributed by atoms with Gasteiger partial charge in [-0.25, -0.2) is 0 Å². The van der Waals surface area contributed by atoms with E-state index in [0.29, 0.717) is 0 Å². The maximum absolute atomic E-state index is 5.59. The number of hydrogen-bond donors (Lipinski definition) is 0. The highest BCUT2D eigenvalue weighted by atomic mass is 16.5. The van der Waals surface area contributed by atoms with Crippen molar-refractivity contribution in [1.82, 2.24) is 4.90 Å². The van der Waals surface area contributed by atoms with E-state index < -0.39 is 0 Å². The lowest BCUT2D eigenvalue weighted by atomic mass is 10.2. The number of nitrogens with zero attached hydrogens (tertiary/aromatic N) is 1. The summed E-state index contributed by atoms with van der Waals surface area (Å²) in [7, 11) is 0. The predicted octanol–water partition coefficient (Wildman–Crippen LogP) is 3.72. The molecule has 0 spiro atoms. The van der Waals surface area contributed by atoms with Crippen LogP contribution in [0, 0.1) is 0 Å². The highest BCUT2D eigenvalue weighted by Crippen LogP contribution is 2.00. The van der Waals surface area contributed by atoms with Crippen LogP contribution in [0.2, 0.25) is 0 Å². The van der Waals surface area contributed by atoms with E-state index in [9.17, 15) is 0 Å². The zero-order valence-electron chi connectivity index (χ0n) is 13.5. The Morgan fingerprint density at radius 1 is 0.579 bits per heavy atom. The molecule has 3 heteroatoms. The second kappa shape index (κ2) is 15.9. The predicted molar refractivity (Wildman–Crippen MR) is 82.8 cm³/mol. The molecule has 0 fully saturated rings. The molecule has 0 aromatic rings. The Morgan fingerprint density at radius 3 is 1.84 bits per heavy atom. The van der Waals surface area contributed by atoms with E-state index in [4.69, 9.17) is 9.47 Å². The Kier molecular flexibility index (Phi) is 15.8. The molecule has 0 heterocycles. The van der Waals surface area contributed by atoms with Crippen molar-refractivity contribution < 1.29 is 9.47 Å². The van der Waals surface area contributed by atoms with Crippen molar-refractivity contribution >= 4 is 0 Å². The van der Waals surface area contributed by atoms with Gasteiger partial charge in [-0.3, -0.25) is 0 Å². The van der Waals surface area contributed by atoms with Crippen LogP contribution in [0.1, 0.15) is 59.3 Å². The van der Waals surface area contributed by atoms with Gasteiger partial charge in [0.2, 0.25) is 0 Å². The second-order valence-corrected chi connectivity index (χ2v) is 5.13. The third-order valence-electron chi connectivity index (χ3n) is 3.09. The van der Waals surface area contributed by atoms with Gasteiger partial charge in [0.05, 0.1) is 6.61 Å². The van der Waals surface area contributed by atoms with Gasteiger partial charge >= 0.3 is 0 Å². The van der Waals surface area contributed by atoms with Crippen molar-refractivity contribution in [2.45, 2.75) is 59.3 Å². The van der Waals surface area contributed by atoms with Crippen molar-refractivity contribution in [3.05, 3.63) is 0 Å². The van der Waals surface area contributed by atoms with E-state index in [2.05, 4.69) is 25.7 Å². The molecular weight excluding hydrogens is 238 g/mol. The molecule has 0 saturated heterocycles. The summed E-state index contributed by atoms with van der Waals surface area (Å²) >= 11 is 0. The maximum Gasteiger partial charge on any atom is 0.0593 e. The first-order valence-corrected chi connectivity index (χ1v) is 8.22. The van der Waals surface area contributed by atoms with E-state index in [0.717, 1.165) is 58.8 Å². The lowest BCUT2D eigenvalue weighted by Gasteiger charge is -2.22. The minimum absolute atomic E-state index is 0.871. The first-order chi connectivity index (χ1) is 9.35. The van der Waals surface area contributed by atoms with Crippen LogP contribution in [0.4, 0.5) is 0 Å². The number of rotatable bonds is 15. The van der Waals surface area contributed by atoms with E-state index in [1.807, 2.05) is 0 Å². The first-order valence-electron chi connectivity index (χ1n) is 8.22. The fourth-order valence-electron chi connectivity index (χ4n) is 2.00. The first kappa shape index (κ1) is 18.9. The molecular formula is C16H35NO2. The maximum atomic E-state index is 5.59. The highest BCUT2D eigenvalue weighted by Gasteiger charge is 2.04. The SMILES string of the molecule is CCCCCN(CCCOCCC)CCOCCC. The molecule has 0 bridgehead atoms. The molecule has 0 aromatic heterocycles. The normalized spacial score (nSPS) is 11.4. The molecule has 0 saturated carbocycles. The summed E-state index contributed by atoms with van der Waals surface area (Å²) in [5.74, 6) is 0. The van der Waals surface area contributed by atoms with Gasteiger partial charge in [0.25, 0.3) is 0 Å². The van der Waals surface area contributed by atoms with Crippen LogP contribution in [0.15, 0.2) is 0 Å². The zero-order valence-corrected chi connectivity index (χ0v) is 13.5. The number of hydrogen-bond acceptors (Lipinski definition) is 3. The van der Waals surface area contributed by atoms with Gasteiger partial charge in [-0.05, 0) is 32.2 Å². The smallest absolute Gasteiger partial charge is 0.0593 e. The van der Waals surface area contributed by atoms with Crippen LogP contribution in [-0.4, -0.2) is 51.0 Å². The van der Waals surface area contributed by atoms with E-state index >= 15 is 0 Å². The average molecular weight is 273 g/mol. The summed E-state index contributed by atoms with van der Waals surface area (Å²) in [4.78, 5) is 2.53. The molecule has 0 aliphatic rings. The largest absolute Gasteiger partial charge is 0.381 e. The number of unbranched alkanes of at least 4 members (excludes halogenated alkanes) is 2. The molecule has 0 amide bonds. The molecule has 19 heavy (non-hydrogen) atoms. The molecule has 0 unspecified atom stereocenters. The topological polar surface area (TPSA) is 21.7 Å². The van der Waals surface area contributed by atoms with E-state index in [-0.39, 0.29) is 0 Å². The summed E-state index contributed by atoms with van der Waals surface area (Å²) in [5.41, 5.74) is 0. The summed E-state index contributed by atoms with van der Waals surface area (Å²) in [6.07, 6.45) is 7.30. The molecule has 116 valence electrons. The summed E-state index contributed by atoms with van der Waals surface area (Å²) in [6.45, 7) is 13.5. The zero-order chi connectivity index (χ0) is 14.2. The van der Waals surface area contributed by atoms with Gasteiger partial charge in [0, 0.05) is 32.9 Å². The van der Waals surface area contributed by atoms with Crippen molar-refractivity contribution in [2.24, 2.45) is 0 Å². The van der Waals surface area contributed by atoms with Crippen LogP contribution in [-0.2, 0) is 9.47 Å². The average Bonchev–Trinajstić information content (AvgIpc) is 2.42. The van der Waals surface area contributed by atoms with Crippen LogP contribution in [0.3, 0.4) is 0 Å². The van der Waals surface area contributed by atoms with Crippen molar-refractivity contribution in [1.29, 1.82) is 0 Å². The fraction of sp³-hybridized carbons (Fsp3) is 1.00. The summed E-state index contributed by atoms with van der Waals surface area (Å²) in [5, 5.41) is 0. The molecule has 0 aromatic carbocycles. The minimum Gasteiger partial charge on any atom is -0.381 e. The van der Waals surface area contributed by atoms with Crippen LogP contribution < -0.4 is 0 Å². The molecule has 0 aliphatic carbocycles. The lowest BCUT2D eigenvalue weighted by Crippen LogP contribution is -2.30. The van der Waals surface area contributed by atoms with Gasteiger partial charge in [0.1, 0.15) is 0 Å². The Hall–Kier alpha value is -0.120. The molecule has 0 atom stereocenters. The highest BCUT2D eigenvalue weighted by molar-refractivity contribution is 4.58. The Bertz CT molecular complexity index is 165. The molecule has 0 aliphatic heterocycles. The Morgan fingerprint density at radius 2 is 1.21 bits per heavy atom. The lowest BCUT2D eigenvalue weighted by molar-refractivity contribution is 0.0909. The van der Waals surface area contributed by atoms with Crippen molar-refractivity contribution in [2.75, 3.05) is 46.1 Å². The van der Waals surface area contributed by atoms with Crippen LogP contribution in [0.25, 0.3) is 0 Å². The third kappa shape index (κ3) is 14.1. The minimum atomic E-state index is 0.871. The molecule has 0 N–H and O–H groups in total. The Labute approximate surface area is 120 Å². The van der Waals surface area contributed by atoms with Crippen molar-refractivity contribution in [3.63, 3.8) is 0 Å². The monoisotopic (exact) mass is 273 g/mol. The quantitative estimate of drug-likeness (QED) is 0.424. The van der Waals surface area contributed by atoms with Crippen LogP contribution in [0.5, 0.6) is 0 Å². The van der Waals surface area contributed by atoms with Crippen molar-refractivity contribution in [3.8, 4) is 0 Å². The standard InChI is InChI=1S/C16H35NO2/c1-4-7-8-10-17(12-16-19-14-6-3)11-9-15-18-13-5-2/h4-16H2,1-3H3. The van der Waals surface area contributed by atoms with E-state index in [1.165, 1.54) is 25.8 Å². The molecule has 0 rings (SSSR count). The van der Waals surface area contributed by atoms with Gasteiger partial charge in [0.15, 0.2) is 0 Å². The Balaban J connectivity index is 3.63. The van der Waals surface area contributed by atoms with Gasteiger partial charge in [-0.1, -0.05) is 33.6 Å². The second-order valence-electron chi connectivity index (χ2n) is 5.13. The van der Waals surface area contributed by atoms with Crippen LogP contribution >= 0.6 is 0 Å². The third-order valence-corrected chi connectivity index (χ3v) is 3.09.